The van der Waals surface area contributed by atoms with Gasteiger partial charge in [0, 0.05) is 19.5 Å². The van der Waals surface area contributed by atoms with E-state index in [0.717, 1.165) is 36.6 Å². The predicted octanol–water partition coefficient (Wildman–Crippen LogP) is 2.14. The lowest BCUT2D eigenvalue weighted by Crippen LogP contribution is -2.31. The minimum Gasteiger partial charge on any atom is -0.490 e. The molecule has 3 rings (SSSR count). The molecule has 1 unspecified atom stereocenters. The van der Waals surface area contributed by atoms with Crippen molar-refractivity contribution in [3.05, 3.63) is 23.8 Å². The van der Waals surface area contributed by atoms with Gasteiger partial charge in [0.1, 0.15) is 0 Å². The molecule has 114 valence electrons. The fourth-order valence-corrected chi connectivity index (χ4v) is 2.93. The van der Waals surface area contributed by atoms with Crippen LogP contribution in [0.25, 0.3) is 0 Å². The third-order valence-electron chi connectivity index (χ3n) is 4.29. The Morgan fingerprint density at radius 3 is 2.81 bits per heavy atom. The average molecular weight is 291 g/mol. The van der Waals surface area contributed by atoms with Gasteiger partial charge in [0.15, 0.2) is 11.5 Å². The van der Waals surface area contributed by atoms with Gasteiger partial charge in [0.25, 0.3) is 0 Å². The van der Waals surface area contributed by atoms with Crippen molar-refractivity contribution in [2.45, 2.75) is 26.3 Å². The number of carboxylic acid groups (broad SMARTS) is 1. The van der Waals surface area contributed by atoms with E-state index < -0.39 is 11.4 Å². The molecule has 1 fully saturated rings. The molecular formula is C16H21NO4. The Morgan fingerprint density at radius 1 is 1.33 bits per heavy atom. The van der Waals surface area contributed by atoms with Gasteiger partial charge < -0.3 is 14.6 Å². The Morgan fingerprint density at radius 2 is 2.10 bits per heavy atom. The molecule has 1 aromatic carbocycles. The number of benzene rings is 1. The molecule has 1 atom stereocenters. The first-order valence-corrected chi connectivity index (χ1v) is 7.41. The first-order valence-electron chi connectivity index (χ1n) is 7.41. The van der Waals surface area contributed by atoms with Gasteiger partial charge in [-0.3, -0.25) is 9.69 Å². The monoisotopic (exact) mass is 291 g/mol. The molecular weight excluding hydrogens is 270 g/mol. The highest BCUT2D eigenvalue weighted by atomic mass is 16.5. The lowest BCUT2D eigenvalue weighted by atomic mass is 9.90. The van der Waals surface area contributed by atoms with Crippen LogP contribution in [0.4, 0.5) is 0 Å². The van der Waals surface area contributed by atoms with Crippen molar-refractivity contribution in [1.29, 1.82) is 0 Å². The summed E-state index contributed by atoms with van der Waals surface area (Å²) < 4.78 is 11.3. The van der Waals surface area contributed by atoms with Crippen LogP contribution in [0.2, 0.25) is 0 Å². The van der Waals surface area contributed by atoms with Crippen LogP contribution in [0.5, 0.6) is 11.5 Å². The second-order valence-corrected chi connectivity index (χ2v) is 6.16. The highest BCUT2D eigenvalue weighted by Crippen LogP contribution is 2.33. The SMILES string of the molecule is CC1(C(=O)O)CCN(Cc2ccc3c(c2)OCCCO3)C1. The minimum atomic E-state index is -0.705. The highest BCUT2D eigenvalue weighted by Gasteiger charge is 2.40. The molecule has 0 spiro atoms. The van der Waals surface area contributed by atoms with Crippen molar-refractivity contribution in [3.63, 3.8) is 0 Å². The Balaban J connectivity index is 1.69. The zero-order valence-corrected chi connectivity index (χ0v) is 12.3. The smallest absolute Gasteiger partial charge is 0.310 e. The summed E-state index contributed by atoms with van der Waals surface area (Å²) >= 11 is 0. The molecule has 2 aliphatic rings. The van der Waals surface area contributed by atoms with E-state index in [1.54, 1.807) is 0 Å². The van der Waals surface area contributed by atoms with E-state index in [2.05, 4.69) is 4.90 Å². The van der Waals surface area contributed by atoms with Crippen LogP contribution in [0, 0.1) is 5.41 Å². The number of hydrogen-bond donors (Lipinski definition) is 1. The minimum absolute atomic E-state index is 0.594. The molecule has 5 nitrogen and oxygen atoms in total. The summed E-state index contributed by atoms with van der Waals surface area (Å²) in [6, 6.07) is 5.99. The molecule has 2 heterocycles. The molecule has 21 heavy (non-hydrogen) atoms. The van der Waals surface area contributed by atoms with Crippen LogP contribution in [-0.2, 0) is 11.3 Å². The van der Waals surface area contributed by atoms with Crippen molar-refractivity contribution in [3.8, 4) is 11.5 Å². The van der Waals surface area contributed by atoms with Crippen LogP contribution in [-0.4, -0.2) is 42.3 Å². The molecule has 5 heteroatoms. The van der Waals surface area contributed by atoms with E-state index in [-0.39, 0.29) is 0 Å². The van der Waals surface area contributed by atoms with Crippen LogP contribution >= 0.6 is 0 Å². The van der Waals surface area contributed by atoms with Gasteiger partial charge in [-0.05, 0) is 37.6 Å². The van der Waals surface area contributed by atoms with Gasteiger partial charge in [0.05, 0.1) is 18.6 Å². The molecule has 1 aromatic rings. The second-order valence-electron chi connectivity index (χ2n) is 6.16. The van der Waals surface area contributed by atoms with Gasteiger partial charge in [-0.25, -0.2) is 0 Å². The molecule has 0 bridgehead atoms. The molecule has 0 amide bonds. The summed E-state index contributed by atoms with van der Waals surface area (Å²) in [7, 11) is 0. The third-order valence-corrected chi connectivity index (χ3v) is 4.29. The molecule has 0 aromatic heterocycles. The summed E-state index contributed by atoms with van der Waals surface area (Å²) in [5, 5.41) is 9.28. The number of hydrogen-bond acceptors (Lipinski definition) is 4. The topological polar surface area (TPSA) is 59.0 Å². The number of nitrogens with zero attached hydrogens (tertiary/aromatic N) is 1. The van der Waals surface area contributed by atoms with Crippen LogP contribution in [0.1, 0.15) is 25.3 Å². The number of rotatable bonds is 3. The van der Waals surface area contributed by atoms with Gasteiger partial charge in [0.2, 0.25) is 0 Å². The number of carbonyl (C=O) groups is 1. The molecule has 0 radical (unpaired) electrons. The summed E-state index contributed by atoms with van der Waals surface area (Å²) in [5.41, 5.74) is 0.513. The van der Waals surface area contributed by atoms with Crippen LogP contribution in [0.3, 0.4) is 0 Å². The van der Waals surface area contributed by atoms with E-state index in [1.165, 1.54) is 0 Å². The number of likely N-dealkylation sites (tertiary alicyclic amines) is 1. The van der Waals surface area contributed by atoms with E-state index in [9.17, 15) is 9.90 Å². The Bertz CT molecular complexity index is 545. The van der Waals surface area contributed by atoms with Crippen LogP contribution < -0.4 is 9.47 Å². The Labute approximate surface area is 124 Å². The molecule has 0 saturated carbocycles. The summed E-state index contributed by atoms with van der Waals surface area (Å²) in [6.07, 6.45) is 1.60. The quantitative estimate of drug-likeness (QED) is 0.924. The molecule has 1 N–H and O–H groups in total. The largest absolute Gasteiger partial charge is 0.490 e. The maximum Gasteiger partial charge on any atom is 0.310 e. The van der Waals surface area contributed by atoms with Crippen molar-refractivity contribution in [1.82, 2.24) is 4.90 Å². The lowest BCUT2D eigenvalue weighted by Gasteiger charge is -2.20. The summed E-state index contributed by atoms with van der Waals surface area (Å²) in [6.45, 7) is 5.35. The zero-order valence-electron chi connectivity index (χ0n) is 12.3. The Kier molecular flexibility index (Phi) is 3.76. The lowest BCUT2D eigenvalue weighted by molar-refractivity contribution is -0.147. The normalized spacial score (nSPS) is 25.6. The molecule has 0 aliphatic carbocycles. The van der Waals surface area contributed by atoms with E-state index in [1.807, 2.05) is 25.1 Å². The number of carboxylic acids is 1. The number of fused-ring (bicyclic) bond motifs is 1. The third kappa shape index (κ3) is 2.97. The van der Waals surface area contributed by atoms with E-state index >= 15 is 0 Å². The maximum absolute atomic E-state index is 11.3. The number of aliphatic carboxylic acids is 1. The fraction of sp³-hybridized carbons (Fsp3) is 0.562. The Hall–Kier alpha value is -1.75. The van der Waals surface area contributed by atoms with Crippen molar-refractivity contribution >= 4 is 5.97 Å². The predicted molar refractivity (Wildman–Crippen MR) is 77.7 cm³/mol. The van der Waals surface area contributed by atoms with Gasteiger partial charge in [-0.2, -0.15) is 0 Å². The first-order chi connectivity index (χ1) is 10.1. The fourth-order valence-electron chi connectivity index (χ4n) is 2.93. The van der Waals surface area contributed by atoms with Crippen molar-refractivity contribution in [2.24, 2.45) is 5.41 Å². The highest BCUT2D eigenvalue weighted by molar-refractivity contribution is 5.74. The van der Waals surface area contributed by atoms with E-state index in [4.69, 9.17) is 9.47 Å². The van der Waals surface area contributed by atoms with Gasteiger partial charge in [-0.1, -0.05) is 6.07 Å². The maximum atomic E-state index is 11.3. The number of ether oxygens (including phenoxy) is 2. The van der Waals surface area contributed by atoms with Gasteiger partial charge >= 0.3 is 5.97 Å². The average Bonchev–Trinajstić information content (AvgIpc) is 2.70. The standard InChI is InChI=1S/C16H21NO4/c1-16(15(18)19)5-6-17(11-16)10-12-3-4-13-14(9-12)21-8-2-7-20-13/h3-4,9H,2,5-8,10-11H2,1H3,(H,18,19). The van der Waals surface area contributed by atoms with Crippen LogP contribution in [0.15, 0.2) is 18.2 Å². The molecule has 2 aliphatic heterocycles. The summed E-state index contributed by atoms with van der Waals surface area (Å²) in [5.74, 6) is 0.891. The first kappa shape index (κ1) is 14.2. The van der Waals surface area contributed by atoms with Crippen molar-refractivity contribution < 1.29 is 19.4 Å². The van der Waals surface area contributed by atoms with E-state index in [0.29, 0.717) is 26.2 Å². The second kappa shape index (κ2) is 5.56. The molecule has 1 saturated heterocycles. The van der Waals surface area contributed by atoms with Gasteiger partial charge in [-0.15, -0.1) is 0 Å². The zero-order chi connectivity index (χ0) is 14.9. The van der Waals surface area contributed by atoms with Crippen molar-refractivity contribution in [2.75, 3.05) is 26.3 Å². The summed E-state index contributed by atoms with van der Waals surface area (Å²) in [4.78, 5) is 13.5.